The van der Waals surface area contributed by atoms with Crippen molar-refractivity contribution >= 4 is 17.0 Å². The second-order valence-electron chi connectivity index (χ2n) is 7.98. The highest BCUT2D eigenvalue weighted by molar-refractivity contribution is 6.03. The molecule has 1 heteroatoms. The fourth-order valence-electron chi connectivity index (χ4n) is 3.94. The molecule has 0 radical (unpaired) electrons. The summed E-state index contributed by atoms with van der Waals surface area (Å²) in [5.41, 5.74) is 10.3. The smallest absolute Gasteiger partial charge is 0.0714 e. The zero-order valence-corrected chi connectivity index (χ0v) is 19.6. The normalized spacial score (nSPS) is 12.0. The molecule has 1 nitrogen and oxygen atoms in total. The van der Waals surface area contributed by atoms with Gasteiger partial charge < -0.3 is 0 Å². The Kier molecular flexibility index (Phi) is 8.16. The number of nitrogens with zero attached hydrogens (tertiary/aromatic N) is 1. The molecule has 3 rings (SSSR count). The molecule has 3 aromatic carbocycles. The summed E-state index contributed by atoms with van der Waals surface area (Å²) in [6, 6.07) is 25.8. The summed E-state index contributed by atoms with van der Waals surface area (Å²) >= 11 is 0. The van der Waals surface area contributed by atoms with Gasteiger partial charge >= 0.3 is 0 Å². The highest BCUT2D eigenvalue weighted by Crippen LogP contribution is 2.37. The highest BCUT2D eigenvalue weighted by atomic mass is 14.7. The molecule has 0 saturated heterocycles. The molecule has 0 aliphatic rings. The van der Waals surface area contributed by atoms with E-state index in [1.165, 1.54) is 22.3 Å². The van der Waals surface area contributed by atoms with Gasteiger partial charge in [0.1, 0.15) is 0 Å². The van der Waals surface area contributed by atoms with Gasteiger partial charge in [-0.2, -0.15) is 0 Å². The molecule has 0 aliphatic heterocycles. The second-order valence-corrected chi connectivity index (χ2v) is 7.98. The van der Waals surface area contributed by atoms with Gasteiger partial charge in [0, 0.05) is 11.3 Å². The largest absolute Gasteiger partial charge is 0.252 e. The number of rotatable bonds is 9. The molecular formula is C31H33N. The van der Waals surface area contributed by atoms with Crippen molar-refractivity contribution in [1.82, 2.24) is 0 Å². The van der Waals surface area contributed by atoms with E-state index >= 15 is 0 Å². The van der Waals surface area contributed by atoms with E-state index in [-0.39, 0.29) is 0 Å². The molecule has 0 amide bonds. The van der Waals surface area contributed by atoms with Crippen LogP contribution in [-0.2, 0) is 12.8 Å². The minimum Gasteiger partial charge on any atom is -0.252 e. The van der Waals surface area contributed by atoms with Crippen LogP contribution in [0.3, 0.4) is 0 Å². The van der Waals surface area contributed by atoms with E-state index in [0.29, 0.717) is 0 Å². The van der Waals surface area contributed by atoms with Crippen molar-refractivity contribution in [2.24, 2.45) is 4.99 Å². The lowest BCUT2D eigenvalue weighted by atomic mass is 9.90. The van der Waals surface area contributed by atoms with E-state index in [1.54, 1.807) is 0 Å². The Labute approximate surface area is 193 Å². The molecule has 0 N–H and O–H groups in total. The quantitative estimate of drug-likeness (QED) is 0.243. The van der Waals surface area contributed by atoms with E-state index in [1.807, 2.05) is 32.1 Å². The Bertz CT molecular complexity index is 1130. The number of aliphatic imine (C=N–C) groups is 1. The summed E-state index contributed by atoms with van der Waals surface area (Å²) in [6.45, 7) is 14.7. The van der Waals surface area contributed by atoms with Gasteiger partial charge in [-0.25, -0.2) is 0 Å². The first-order valence-electron chi connectivity index (χ1n) is 11.4. The topological polar surface area (TPSA) is 12.4 Å². The maximum absolute atomic E-state index is 5.00. The van der Waals surface area contributed by atoms with Crippen LogP contribution in [0.4, 0.5) is 5.69 Å². The van der Waals surface area contributed by atoms with Gasteiger partial charge in [-0.15, -0.1) is 0 Å². The summed E-state index contributed by atoms with van der Waals surface area (Å²) in [4.78, 5) is 5.00. The third kappa shape index (κ3) is 5.62. The van der Waals surface area contributed by atoms with E-state index in [2.05, 4.69) is 86.8 Å². The molecule has 0 aromatic heterocycles. The highest BCUT2D eigenvalue weighted by Gasteiger charge is 2.14. The Morgan fingerprint density at radius 2 is 1.59 bits per heavy atom. The van der Waals surface area contributed by atoms with Crippen molar-refractivity contribution in [2.75, 3.05) is 0 Å². The Balaban J connectivity index is 2.00. The molecule has 162 valence electrons. The van der Waals surface area contributed by atoms with Crippen molar-refractivity contribution in [3.05, 3.63) is 120 Å². The molecule has 3 aromatic rings. The minimum absolute atomic E-state index is 0.884. The molecule has 0 bridgehead atoms. The van der Waals surface area contributed by atoms with Crippen LogP contribution < -0.4 is 0 Å². The van der Waals surface area contributed by atoms with Gasteiger partial charge in [0.15, 0.2) is 0 Å². The van der Waals surface area contributed by atoms with Crippen LogP contribution in [0, 0.1) is 0 Å². The van der Waals surface area contributed by atoms with Crippen LogP contribution in [0.15, 0.2) is 109 Å². The van der Waals surface area contributed by atoms with Crippen LogP contribution in [0.1, 0.15) is 43.9 Å². The summed E-state index contributed by atoms with van der Waals surface area (Å²) in [7, 11) is 0. The lowest BCUT2D eigenvalue weighted by molar-refractivity contribution is 1.01. The first-order valence-corrected chi connectivity index (χ1v) is 11.4. The SMILES string of the molecule is C=C/C(=C\C)C(C)=Nc1cccc(-c2ccccc2)c1C(=C)CCc1ccc(CC)cc1. The summed E-state index contributed by atoms with van der Waals surface area (Å²) in [6.07, 6.45) is 6.81. The molecule has 0 heterocycles. The molecule has 0 aliphatic carbocycles. The number of hydrogen-bond acceptors (Lipinski definition) is 1. The average Bonchev–Trinajstić information content (AvgIpc) is 2.84. The van der Waals surface area contributed by atoms with Gasteiger partial charge in [0.2, 0.25) is 0 Å². The van der Waals surface area contributed by atoms with Gasteiger partial charge in [0.25, 0.3) is 0 Å². The summed E-state index contributed by atoms with van der Waals surface area (Å²) in [5.74, 6) is 0. The Hall–Kier alpha value is -3.45. The van der Waals surface area contributed by atoms with Crippen LogP contribution in [-0.4, -0.2) is 5.71 Å². The van der Waals surface area contributed by atoms with Gasteiger partial charge in [-0.1, -0.05) is 99.0 Å². The predicted molar refractivity (Wildman–Crippen MR) is 142 cm³/mol. The van der Waals surface area contributed by atoms with Gasteiger partial charge in [-0.05, 0) is 72.6 Å². The van der Waals surface area contributed by atoms with Gasteiger partial charge in [-0.3, -0.25) is 4.99 Å². The molecule has 0 saturated carbocycles. The summed E-state index contributed by atoms with van der Waals surface area (Å²) in [5, 5.41) is 0. The average molecular weight is 420 g/mol. The zero-order valence-electron chi connectivity index (χ0n) is 19.6. The molecule has 32 heavy (non-hydrogen) atoms. The monoisotopic (exact) mass is 419 g/mol. The minimum atomic E-state index is 0.884. The van der Waals surface area contributed by atoms with Crippen LogP contribution in [0.2, 0.25) is 0 Å². The lowest BCUT2D eigenvalue weighted by Crippen LogP contribution is -1.97. The standard InChI is InChI=1S/C31H33N/c1-6-25-19-21-26(22-20-25)18-17-23(4)31-29(28-13-10-9-11-14-28)15-12-16-30(31)32-24(5)27(7-2)8-3/h7-16,19-22H,2,4,6,17-18H2,1,3,5H3/b27-8+,32-24?. The molecule has 0 fully saturated rings. The number of benzene rings is 3. The van der Waals surface area contributed by atoms with Crippen molar-refractivity contribution in [3.8, 4) is 11.1 Å². The van der Waals surface area contributed by atoms with Crippen molar-refractivity contribution in [1.29, 1.82) is 0 Å². The predicted octanol–water partition coefficient (Wildman–Crippen LogP) is 8.79. The summed E-state index contributed by atoms with van der Waals surface area (Å²) < 4.78 is 0. The van der Waals surface area contributed by atoms with Crippen LogP contribution >= 0.6 is 0 Å². The van der Waals surface area contributed by atoms with E-state index < -0.39 is 0 Å². The van der Waals surface area contributed by atoms with E-state index in [9.17, 15) is 0 Å². The first kappa shape index (κ1) is 23.2. The number of hydrogen-bond donors (Lipinski definition) is 0. The fraction of sp³-hybridized carbons (Fsp3) is 0.194. The zero-order chi connectivity index (χ0) is 22.9. The second kappa shape index (κ2) is 11.2. The fourth-order valence-corrected chi connectivity index (χ4v) is 3.94. The maximum Gasteiger partial charge on any atom is 0.0714 e. The Morgan fingerprint density at radius 3 is 2.22 bits per heavy atom. The number of aryl methyl sites for hydroxylation is 2. The van der Waals surface area contributed by atoms with Crippen LogP contribution in [0.25, 0.3) is 16.7 Å². The van der Waals surface area contributed by atoms with Crippen molar-refractivity contribution < 1.29 is 0 Å². The van der Waals surface area contributed by atoms with Gasteiger partial charge in [0.05, 0.1) is 5.69 Å². The lowest BCUT2D eigenvalue weighted by Gasteiger charge is -2.16. The van der Waals surface area contributed by atoms with Crippen molar-refractivity contribution in [3.63, 3.8) is 0 Å². The molecule has 0 spiro atoms. The van der Waals surface area contributed by atoms with Crippen LogP contribution in [0.5, 0.6) is 0 Å². The third-order valence-electron chi connectivity index (χ3n) is 5.86. The van der Waals surface area contributed by atoms with Crippen molar-refractivity contribution in [2.45, 2.75) is 40.0 Å². The Morgan fingerprint density at radius 1 is 0.906 bits per heavy atom. The molecular weight excluding hydrogens is 386 g/mol. The maximum atomic E-state index is 5.00. The van der Waals surface area contributed by atoms with E-state index in [0.717, 1.165) is 47.4 Å². The molecule has 0 unspecified atom stereocenters. The molecule has 0 atom stereocenters. The number of allylic oxidation sites excluding steroid dienone is 4. The third-order valence-corrected chi connectivity index (χ3v) is 5.86. The first-order chi connectivity index (χ1) is 15.6. The van der Waals surface area contributed by atoms with E-state index in [4.69, 9.17) is 4.99 Å².